The van der Waals surface area contributed by atoms with Gasteiger partial charge in [0, 0.05) is 80.8 Å². The normalized spacial score (nSPS) is 29.8. The second-order valence-corrected chi connectivity index (χ2v) is 18.8. The predicted octanol–water partition coefficient (Wildman–Crippen LogP) is 6.39. The van der Waals surface area contributed by atoms with E-state index in [1.54, 1.807) is 52.0 Å². The van der Waals surface area contributed by atoms with Gasteiger partial charge < -0.3 is 54.9 Å². The Balaban J connectivity index is 1.48. The number of anilines is 1. The first-order valence-electron chi connectivity index (χ1n) is 22.9. The number of methoxy groups -OCH3 is 1. The summed E-state index contributed by atoms with van der Waals surface area (Å²) < 4.78 is 23.8. The summed E-state index contributed by atoms with van der Waals surface area (Å²) in [6.45, 7) is 18.3. The molecular formula is C51H66N4O13. The fourth-order valence-corrected chi connectivity index (χ4v) is 9.64. The van der Waals surface area contributed by atoms with Crippen molar-refractivity contribution >= 4 is 40.3 Å². The van der Waals surface area contributed by atoms with Gasteiger partial charge in [0.05, 0.1) is 65.1 Å². The SMILES string of the molecule is CO[C@@H]1C=CO[C@@]2(C)Oc3c(C)c(O)c4c(O)c(c(C=NN5[C@H](C)CN(Cc6ccc(O)cc6)C[C@@H]5C)c(O)c4c3C2=O)NC(=O)C(C)=CC=C[C@H](C)[C@H](O)[C@H](C)[C@H](O)[C@H](C)[C@@H](OC(C)=O)[C@@H]1C. The maximum absolute atomic E-state index is 14.6. The number of phenols is 4. The second-order valence-electron chi connectivity index (χ2n) is 18.8. The predicted molar refractivity (Wildman–Crippen MR) is 256 cm³/mol. The smallest absolute Gasteiger partial charge is 0.312 e. The zero-order valence-corrected chi connectivity index (χ0v) is 40.6. The lowest BCUT2D eigenvalue weighted by Gasteiger charge is -2.42. The number of esters is 1. The van der Waals surface area contributed by atoms with Crippen LogP contribution in [0.25, 0.3) is 10.8 Å². The van der Waals surface area contributed by atoms with Crippen molar-refractivity contribution in [3.63, 3.8) is 0 Å². The Kier molecular flexibility index (Phi) is 15.5. The molecule has 7 N–H and O–H groups in total. The van der Waals surface area contributed by atoms with Crippen LogP contribution in [0.2, 0.25) is 0 Å². The summed E-state index contributed by atoms with van der Waals surface area (Å²) in [5, 5.41) is 77.8. The minimum atomic E-state index is -2.08. The van der Waals surface area contributed by atoms with Gasteiger partial charge in [0.15, 0.2) is 5.75 Å². The Hall–Kier alpha value is -6.14. The molecule has 3 aromatic rings. The van der Waals surface area contributed by atoms with Crippen LogP contribution in [0.1, 0.15) is 89.4 Å². The highest BCUT2D eigenvalue weighted by molar-refractivity contribution is 6.23. The molecule has 4 aliphatic heterocycles. The van der Waals surface area contributed by atoms with Crippen LogP contribution in [0.3, 0.4) is 0 Å². The third-order valence-electron chi connectivity index (χ3n) is 13.6. The lowest BCUT2D eigenvalue weighted by Crippen LogP contribution is -2.54. The number of allylic oxidation sites excluding steroid dienone is 2. The Morgan fingerprint density at radius 3 is 2.16 bits per heavy atom. The average molecular weight is 943 g/mol. The number of carbonyl (C=O) groups excluding carboxylic acids is 3. The van der Waals surface area contributed by atoms with E-state index in [1.807, 2.05) is 31.0 Å². The number of aromatic hydroxyl groups is 4. The van der Waals surface area contributed by atoms with E-state index in [0.717, 1.165) is 5.56 Å². The van der Waals surface area contributed by atoms with E-state index in [2.05, 4.69) is 10.2 Å². The molecule has 68 heavy (non-hydrogen) atoms. The highest BCUT2D eigenvalue weighted by atomic mass is 16.7. The highest BCUT2D eigenvalue weighted by Gasteiger charge is 2.50. The van der Waals surface area contributed by atoms with Crippen LogP contribution in [-0.2, 0) is 30.3 Å². The molecule has 1 fully saturated rings. The number of hydrogen-bond acceptors (Lipinski definition) is 16. The molecule has 0 aliphatic carbocycles. The third-order valence-corrected chi connectivity index (χ3v) is 13.6. The van der Waals surface area contributed by atoms with Crippen LogP contribution in [0, 0.1) is 30.6 Å². The number of ketones is 1. The molecule has 0 aromatic heterocycles. The number of aliphatic hydroxyl groups excluding tert-OH is 2. The van der Waals surface area contributed by atoms with Crippen molar-refractivity contribution in [3.05, 3.63) is 82.7 Å². The van der Waals surface area contributed by atoms with Gasteiger partial charge in [-0.25, -0.2) is 0 Å². The number of carbonyl (C=O) groups is 3. The molecule has 0 saturated carbocycles. The van der Waals surface area contributed by atoms with Crippen molar-refractivity contribution in [2.75, 3.05) is 25.5 Å². The van der Waals surface area contributed by atoms with Crippen LogP contribution in [0.15, 0.2) is 65.5 Å². The number of rotatable bonds is 6. The number of nitrogens with zero attached hydrogens (tertiary/aromatic N) is 3. The van der Waals surface area contributed by atoms with Crippen LogP contribution in [0.5, 0.6) is 28.7 Å². The monoisotopic (exact) mass is 942 g/mol. The number of hydrogen-bond donors (Lipinski definition) is 7. The number of ether oxygens (including phenoxy) is 4. The molecular weight excluding hydrogens is 877 g/mol. The Labute approximate surface area is 396 Å². The van der Waals surface area contributed by atoms with Crippen molar-refractivity contribution in [1.82, 2.24) is 9.91 Å². The molecule has 0 radical (unpaired) electrons. The minimum absolute atomic E-state index is 0.0378. The molecule has 5 bridgehead atoms. The Morgan fingerprint density at radius 1 is 0.897 bits per heavy atom. The van der Waals surface area contributed by atoms with Crippen LogP contribution in [0.4, 0.5) is 5.69 Å². The number of piperazine rings is 1. The number of fused-ring (bicyclic) bond motifs is 14. The van der Waals surface area contributed by atoms with Gasteiger partial charge >= 0.3 is 11.8 Å². The summed E-state index contributed by atoms with van der Waals surface area (Å²) in [6.07, 6.45) is 4.78. The van der Waals surface area contributed by atoms with E-state index in [-0.39, 0.29) is 62.3 Å². The fourth-order valence-electron chi connectivity index (χ4n) is 9.64. The zero-order valence-electron chi connectivity index (χ0n) is 40.6. The molecule has 368 valence electrons. The quantitative estimate of drug-likeness (QED) is 0.0614. The number of benzene rings is 3. The summed E-state index contributed by atoms with van der Waals surface area (Å²) in [4.78, 5) is 43.3. The van der Waals surface area contributed by atoms with Gasteiger partial charge in [0.2, 0.25) is 0 Å². The Bertz CT molecular complexity index is 2510. The topological polar surface area (TPSA) is 240 Å². The van der Waals surface area contributed by atoms with Crippen molar-refractivity contribution in [1.29, 1.82) is 0 Å². The highest BCUT2D eigenvalue weighted by Crippen LogP contribution is 2.55. The lowest BCUT2D eigenvalue weighted by atomic mass is 9.78. The molecule has 17 nitrogen and oxygen atoms in total. The molecule has 0 unspecified atom stereocenters. The molecule has 1 saturated heterocycles. The van der Waals surface area contributed by atoms with E-state index in [0.29, 0.717) is 19.6 Å². The number of aliphatic hydroxyl groups is 2. The second kappa shape index (κ2) is 20.6. The standard InChI is InChI=1S/C51H66N4O13/c1-25-13-12-14-26(2)50(64)53-41-36(21-52-55-27(3)22-54(23-28(55)4)24-34-15-17-35(57)18-16-34)45(61)38-39(46(41)62)44(60)32(8)48-40(38)49(63)51(10,68-48)66-20-19-37(65-11)29(5)47(67-33(9)56)31(7)43(59)30(6)42(25)58/h12-21,25,27-31,37,42-43,47,57-62H,22-24H2,1-11H3,(H,53,64)/t25-,27-,28+,29+,30-,31-,37+,42-,43-,47-,51-/m0/s1. The van der Waals surface area contributed by atoms with Crippen LogP contribution < -0.4 is 10.1 Å². The number of nitrogens with one attached hydrogen (secondary N) is 1. The maximum Gasteiger partial charge on any atom is 0.312 e. The molecule has 17 heteroatoms. The zero-order chi connectivity index (χ0) is 50.1. The molecule has 0 spiro atoms. The number of hydrazone groups is 1. The molecule has 1 amide bonds. The van der Waals surface area contributed by atoms with Crippen LogP contribution in [-0.4, -0.2) is 127 Å². The van der Waals surface area contributed by atoms with E-state index >= 15 is 0 Å². The summed E-state index contributed by atoms with van der Waals surface area (Å²) in [6, 6.07) is 6.70. The van der Waals surface area contributed by atoms with Gasteiger partial charge in [0.25, 0.3) is 11.7 Å². The molecule has 7 rings (SSSR count). The van der Waals surface area contributed by atoms with Gasteiger partial charge in [-0.05, 0) is 51.5 Å². The first-order chi connectivity index (χ1) is 32.0. The number of Topliss-reactive ketones (excluding diaryl/α,β-unsaturated/α-hetero) is 1. The first-order valence-corrected chi connectivity index (χ1v) is 22.9. The average Bonchev–Trinajstić information content (AvgIpc) is 3.55. The van der Waals surface area contributed by atoms with Crippen molar-refractivity contribution in [3.8, 4) is 28.7 Å². The molecule has 3 aromatic carbocycles. The number of amides is 1. The first kappa shape index (κ1) is 51.3. The number of phenolic OH excluding ortho intramolecular Hbond substituents is 4. The Morgan fingerprint density at radius 2 is 1.54 bits per heavy atom. The van der Waals surface area contributed by atoms with Crippen molar-refractivity contribution in [2.24, 2.45) is 28.8 Å². The molecule has 4 heterocycles. The summed E-state index contributed by atoms with van der Waals surface area (Å²) in [7, 11) is 1.43. The third kappa shape index (κ3) is 10.2. The molecule has 4 aliphatic rings. The maximum atomic E-state index is 14.6. The summed E-state index contributed by atoms with van der Waals surface area (Å²) in [5.41, 5.74) is 0.548. The fraction of sp³-hybridized carbons (Fsp3) is 0.490. The van der Waals surface area contributed by atoms with Gasteiger partial charge in [-0.3, -0.25) is 24.3 Å². The van der Waals surface area contributed by atoms with Gasteiger partial charge in [-0.2, -0.15) is 5.10 Å². The largest absolute Gasteiger partial charge is 0.508 e. The van der Waals surface area contributed by atoms with E-state index in [4.69, 9.17) is 24.0 Å². The van der Waals surface area contributed by atoms with Crippen molar-refractivity contribution in [2.45, 2.75) is 118 Å². The van der Waals surface area contributed by atoms with Gasteiger partial charge in [-0.1, -0.05) is 58.1 Å². The minimum Gasteiger partial charge on any atom is -0.508 e. The van der Waals surface area contributed by atoms with Crippen LogP contribution >= 0.6 is 0 Å². The van der Waals surface area contributed by atoms with Gasteiger partial charge in [-0.15, -0.1) is 0 Å². The van der Waals surface area contributed by atoms with E-state index in [9.17, 15) is 45.0 Å². The summed E-state index contributed by atoms with van der Waals surface area (Å²) in [5.74, 6) is -8.43. The lowest BCUT2D eigenvalue weighted by molar-refractivity contribution is -0.160. The van der Waals surface area contributed by atoms with E-state index in [1.165, 1.54) is 59.4 Å². The summed E-state index contributed by atoms with van der Waals surface area (Å²) >= 11 is 0. The molecule has 11 atom stereocenters. The van der Waals surface area contributed by atoms with E-state index < -0.39 is 88.8 Å². The van der Waals surface area contributed by atoms with Gasteiger partial charge in [0.1, 0.15) is 29.1 Å². The van der Waals surface area contributed by atoms with Crippen molar-refractivity contribution < 1.29 is 64.0 Å².